The van der Waals surface area contributed by atoms with Crippen molar-refractivity contribution in [3.8, 4) is 17.2 Å². The third kappa shape index (κ3) is 5.77. The molecule has 7 nitrogen and oxygen atoms in total. The Morgan fingerprint density at radius 2 is 1.62 bits per heavy atom. The monoisotopic (exact) mass is 475 g/mol. The molecule has 0 aliphatic heterocycles. The van der Waals surface area contributed by atoms with Gasteiger partial charge in [-0.05, 0) is 35.9 Å². The van der Waals surface area contributed by atoms with Crippen molar-refractivity contribution < 1.29 is 19.0 Å². The Morgan fingerprint density at radius 1 is 0.882 bits per heavy atom. The van der Waals surface area contributed by atoms with E-state index < -0.39 is 0 Å². The first-order chi connectivity index (χ1) is 16.7. The number of ether oxygens (including phenoxy) is 3. The van der Waals surface area contributed by atoms with E-state index in [4.69, 9.17) is 14.2 Å². The van der Waals surface area contributed by atoms with Gasteiger partial charge in [0.25, 0.3) is 0 Å². The summed E-state index contributed by atoms with van der Waals surface area (Å²) in [6, 6.07) is 24.8. The molecular formula is C26H25N3O4S. The van der Waals surface area contributed by atoms with Crippen molar-refractivity contribution in [2.45, 2.75) is 18.3 Å². The summed E-state index contributed by atoms with van der Waals surface area (Å²) in [6.45, 7) is 0.836. The van der Waals surface area contributed by atoms with Gasteiger partial charge in [0.1, 0.15) is 23.9 Å². The van der Waals surface area contributed by atoms with Gasteiger partial charge in [-0.25, -0.2) is 0 Å². The van der Waals surface area contributed by atoms with E-state index in [0.717, 1.165) is 11.3 Å². The van der Waals surface area contributed by atoms with Gasteiger partial charge in [-0.15, -0.1) is 10.2 Å². The van der Waals surface area contributed by atoms with Crippen molar-refractivity contribution in [3.63, 3.8) is 0 Å². The standard InChI is InChI=1S/C26H25N3O4S/c1-31-21-13-14-24(32-2)22(15-21)23(30)18-34-26-28-27-25(17-33-20-11-7-4-8-12-20)29(26)16-19-9-5-3-6-10-19/h3-15H,16-18H2,1-2H3. The van der Waals surface area contributed by atoms with E-state index in [1.165, 1.54) is 11.8 Å². The van der Waals surface area contributed by atoms with Crippen LogP contribution >= 0.6 is 11.8 Å². The molecule has 0 spiro atoms. The number of ketones is 1. The van der Waals surface area contributed by atoms with Gasteiger partial charge >= 0.3 is 0 Å². The van der Waals surface area contributed by atoms with Crippen LogP contribution in [0.5, 0.6) is 17.2 Å². The van der Waals surface area contributed by atoms with Crippen LogP contribution in [-0.2, 0) is 13.2 Å². The first kappa shape index (κ1) is 23.4. The van der Waals surface area contributed by atoms with Gasteiger partial charge in [0.15, 0.2) is 16.8 Å². The summed E-state index contributed by atoms with van der Waals surface area (Å²) in [6.07, 6.45) is 0. The number of rotatable bonds is 11. The second kappa shape index (κ2) is 11.4. The molecule has 1 heterocycles. The Bertz CT molecular complexity index is 1230. The Morgan fingerprint density at radius 3 is 2.32 bits per heavy atom. The van der Waals surface area contributed by atoms with E-state index in [2.05, 4.69) is 10.2 Å². The SMILES string of the molecule is COc1ccc(OC)c(C(=O)CSc2nnc(COc3ccccc3)n2Cc2ccccc2)c1. The third-order valence-electron chi connectivity index (χ3n) is 5.13. The van der Waals surface area contributed by atoms with Crippen LogP contribution < -0.4 is 14.2 Å². The third-order valence-corrected chi connectivity index (χ3v) is 6.09. The maximum atomic E-state index is 13.0. The van der Waals surface area contributed by atoms with Crippen LogP contribution in [0.1, 0.15) is 21.7 Å². The summed E-state index contributed by atoms with van der Waals surface area (Å²) < 4.78 is 18.5. The lowest BCUT2D eigenvalue weighted by Crippen LogP contribution is -2.11. The molecular weight excluding hydrogens is 450 g/mol. The number of Topliss-reactive ketones (excluding diaryl/α,β-unsaturated/α-hetero) is 1. The van der Waals surface area contributed by atoms with Crippen molar-refractivity contribution in [1.82, 2.24) is 14.8 Å². The maximum absolute atomic E-state index is 13.0. The normalized spacial score (nSPS) is 10.6. The number of methoxy groups -OCH3 is 2. The van der Waals surface area contributed by atoms with Crippen molar-refractivity contribution >= 4 is 17.5 Å². The van der Waals surface area contributed by atoms with E-state index in [9.17, 15) is 4.79 Å². The van der Waals surface area contributed by atoms with Gasteiger partial charge in [-0.1, -0.05) is 60.3 Å². The van der Waals surface area contributed by atoms with E-state index in [1.54, 1.807) is 32.4 Å². The van der Waals surface area contributed by atoms with E-state index in [-0.39, 0.29) is 18.1 Å². The zero-order chi connectivity index (χ0) is 23.8. The number of para-hydroxylation sites is 1. The molecule has 0 saturated carbocycles. The molecule has 3 aromatic carbocycles. The van der Waals surface area contributed by atoms with Gasteiger partial charge in [-0.3, -0.25) is 9.36 Å². The Hall–Kier alpha value is -3.78. The van der Waals surface area contributed by atoms with Crippen LogP contribution in [0.4, 0.5) is 0 Å². The molecule has 0 saturated heterocycles. The minimum Gasteiger partial charge on any atom is -0.497 e. The minimum absolute atomic E-state index is 0.0860. The molecule has 4 aromatic rings. The minimum atomic E-state index is -0.0860. The number of thioether (sulfide) groups is 1. The Balaban J connectivity index is 1.53. The molecule has 8 heteroatoms. The topological polar surface area (TPSA) is 75.5 Å². The van der Waals surface area contributed by atoms with E-state index in [1.807, 2.05) is 65.2 Å². The highest BCUT2D eigenvalue weighted by atomic mass is 32.2. The van der Waals surface area contributed by atoms with Crippen molar-refractivity contribution in [3.05, 3.63) is 95.8 Å². The van der Waals surface area contributed by atoms with Crippen molar-refractivity contribution in [1.29, 1.82) is 0 Å². The molecule has 4 rings (SSSR count). The molecule has 0 amide bonds. The zero-order valence-corrected chi connectivity index (χ0v) is 19.8. The lowest BCUT2D eigenvalue weighted by Gasteiger charge is -2.12. The summed E-state index contributed by atoms with van der Waals surface area (Å²) in [5.74, 6) is 2.64. The average Bonchev–Trinajstić information content (AvgIpc) is 3.27. The molecule has 174 valence electrons. The van der Waals surface area contributed by atoms with Gasteiger partial charge in [0.05, 0.1) is 32.1 Å². The van der Waals surface area contributed by atoms with Crippen LogP contribution in [0.2, 0.25) is 0 Å². The molecule has 0 unspecified atom stereocenters. The van der Waals surface area contributed by atoms with Crippen LogP contribution in [0, 0.1) is 0 Å². The molecule has 1 aromatic heterocycles. The summed E-state index contributed by atoms with van der Waals surface area (Å²) in [5.41, 5.74) is 1.57. The maximum Gasteiger partial charge on any atom is 0.192 e. The van der Waals surface area contributed by atoms with Crippen LogP contribution in [0.15, 0.2) is 84.0 Å². The van der Waals surface area contributed by atoms with Crippen molar-refractivity contribution in [2.75, 3.05) is 20.0 Å². The lowest BCUT2D eigenvalue weighted by molar-refractivity contribution is 0.101. The average molecular weight is 476 g/mol. The molecule has 0 aliphatic rings. The number of nitrogens with zero attached hydrogens (tertiary/aromatic N) is 3. The lowest BCUT2D eigenvalue weighted by atomic mass is 10.1. The highest BCUT2D eigenvalue weighted by Crippen LogP contribution is 2.27. The van der Waals surface area contributed by atoms with Crippen LogP contribution in [0.3, 0.4) is 0 Å². The number of carbonyl (C=O) groups excluding carboxylic acids is 1. The van der Waals surface area contributed by atoms with Gasteiger partial charge in [-0.2, -0.15) is 0 Å². The van der Waals surface area contributed by atoms with Crippen LogP contribution in [0.25, 0.3) is 0 Å². The fraction of sp³-hybridized carbons (Fsp3) is 0.192. The summed E-state index contributed by atoms with van der Waals surface area (Å²) >= 11 is 1.33. The zero-order valence-electron chi connectivity index (χ0n) is 19.0. The first-order valence-electron chi connectivity index (χ1n) is 10.7. The highest BCUT2D eigenvalue weighted by molar-refractivity contribution is 7.99. The molecule has 34 heavy (non-hydrogen) atoms. The molecule has 0 fully saturated rings. The summed E-state index contributed by atoms with van der Waals surface area (Å²) in [5, 5.41) is 9.35. The number of hydrogen-bond donors (Lipinski definition) is 0. The molecule has 0 radical (unpaired) electrons. The largest absolute Gasteiger partial charge is 0.497 e. The molecule has 0 aliphatic carbocycles. The Labute approximate surface area is 202 Å². The number of aromatic nitrogens is 3. The fourth-order valence-corrected chi connectivity index (χ4v) is 4.20. The van der Waals surface area contributed by atoms with E-state index >= 15 is 0 Å². The quantitative estimate of drug-likeness (QED) is 0.226. The number of benzene rings is 3. The summed E-state index contributed by atoms with van der Waals surface area (Å²) in [7, 11) is 3.11. The van der Waals surface area contributed by atoms with Crippen LogP contribution in [-0.4, -0.2) is 40.5 Å². The van der Waals surface area contributed by atoms with Gasteiger partial charge in [0, 0.05) is 0 Å². The number of carbonyl (C=O) groups is 1. The fourth-order valence-electron chi connectivity index (χ4n) is 3.36. The second-order valence-corrected chi connectivity index (χ2v) is 8.29. The summed E-state index contributed by atoms with van der Waals surface area (Å²) in [4.78, 5) is 13.0. The van der Waals surface area contributed by atoms with Gasteiger partial charge < -0.3 is 14.2 Å². The molecule has 0 N–H and O–H groups in total. The predicted octanol–water partition coefficient (Wildman–Crippen LogP) is 4.90. The van der Waals surface area contributed by atoms with Crippen molar-refractivity contribution in [2.24, 2.45) is 0 Å². The molecule has 0 bridgehead atoms. The molecule has 0 atom stereocenters. The van der Waals surface area contributed by atoms with Gasteiger partial charge in [0.2, 0.25) is 0 Å². The Kier molecular flexibility index (Phi) is 7.83. The van der Waals surface area contributed by atoms with E-state index in [0.29, 0.717) is 34.6 Å². The predicted molar refractivity (Wildman–Crippen MR) is 131 cm³/mol. The smallest absolute Gasteiger partial charge is 0.192 e. The highest BCUT2D eigenvalue weighted by Gasteiger charge is 2.18. The second-order valence-electron chi connectivity index (χ2n) is 7.35. The first-order valence-corrected chi connectivity index (χ1v) is 11.7. The number of hydrogen-bond acceptors (Lipinski definition) is 7.